The van der Waals surface area contributed by atoms with Gasteiger partial charge >= 0.3 is 0 Å². The Balaban J connectivity index is 1.91. The number of aryl methyl sites for hydroxylation is 1. The Morgan fingerprint density at radius 3 is 2.67 bits per heavy atom. The van der Waals surface area contributed by atoms with Crippen LogP contribution in [0, 0.1) is 6.92 Å². The molecule has 0 saturated carbocycles. The highest BCUT2D eigenvalue weighted by Gasteiger charge is 2.11. The molecule has 2 aromatic rings. The molecule has 4 nitrogen and oxygen atoms in total. The maximum absolute atomic E-state index is 4.27. The van der Waals surface area contributed by atoms with Gasteiger partial charge in [-0.05, 0) is 25.1 Å². The summed E-state index contributed by atoms with van der Waals surface area (Å²) in [6, 6.07) is 8.66. The summed E-state index contributed by atoms with van der Waals surface area (Å²) in [7, 11) is 0. The van der Waals surface area contributed by atoms with E-state index in [1.165, 1.54) is 11.4 Å². The van der Waals surface area contributed by atoms with Crippen molar-refractivity contribution in [1.29, 1.82) is 0 Å². The highest BCUT2D eigenvalue weighted by molar-refractivity contribution is 5.53. The van der Waals surface area contributed by atoms with E-state index in [1.54, 1.807) is 0 Å². The monoisotopic (exact) mass is 242 g/mol. The van der Waals surface area contributed by atoms with Crippen LogP contribution in [0.1, 0.15) is 5.82 Å². The van der Waals surface area contributed by atoms with E-state index in [1.807, 2.05) is 19.3 Å². The predicted molar refractivity (Wildman–Crippen MR) is 73.4 cm³/mol. The van der Waals surface area contributed by atoms with Crippen molar-refractivity contribution in [2.75, 3.05) is 31.1 Å². The Bertz CT molecular complexity index is 526. The molecule has 1 aromatic carbocycles. The van der Waals surface area contributed by atoms with Crippen LogP contribution in [0.15, 0.2) is 36.7 Å². The Hall–Kier alpha value is -1.81. The van der Waals surface area contributed by atoms with Gasteiger partial charge in [-0.2, -0.15) is 0 Å². The summed E-state index contributed by atoms with van der Waals surface area (Å²) in [5, 5.41) is 3.38. The van der Waals surface area contributed by atoms with Crippen molar-refractivity contribution in [3.8, 4) is 5.69 Å². The van der Waals surface area contributed by atoms with E-state index in [0.29, 0.717) is 0 Å². The number of piperazine rings is 1. The zero-order valence-corrected chi connectivity index (χ0v) is 10.6. The molecule has 0 atom stereocenters. The number of hydrogen-bond acceptors (Lipinski definition) is 3. The van der Waals surface area contributed by atoms with Crippen LogP contribution in [0.3, 0.4) is 0 Å². The van der Waals surface area contributed by atoms with E-state index in [9.17, 15) is 0 Å². The Labute approximate surface area is 107 Å². The first-order chi connectivity index (χ1) is 8.84. The third kappa shape index (κ3) is 2.11. The molecular weight excluding hydrogens is 224 g/mol. The Kier molecular flexibility index (Phi) is 3.02. The molecule has 94 valence electrons. The van der Waals surface area contributed by atoms with Gasteiger partial charge in [-0.1, -0.05) is 6.07 Å². The number of imidazole rings is 1. The summed E-state index contributed by atoms with van der Waals surface area (Å²) in [5.74, 6) is 1.02. The maximum atomic E-state index is 4.27. The van der Waals surface area contributed by atoms with E-state index in [0.717, 1.165) is 32.0 Å². The number of hydrogen-bond donors (Lipinski definition) is 1. The molecule has 0 amide bonds. The fourth-order valence-electron chi connectivity index (χ4n) is 2.41. The standard InChI is InChI=1S/C14H18N4/c1-12-16-7-10-18(12)14-4-2-3-13(11-14)17-8-5-15-6-9-17/h2-4,7,10-11,15H,5-6,8-9H2,1H3. The van der Waals surface area contributed by atoms with E-state index >= 15 is 0 Å². The summed E-state index contributed by atoms with van der Waals surface area (Å²) in [6.07, 6.45) is 3.85. The number of benzene rings is 1. The van der Waals surface area contributed by atoms with Gasteiger partial charge < -0.3 is 14.8 Å². The number of nitrogens with zero attached hydrogens (tertiary/aromatic N) is 3. The molecule has 0 bridgehead atoms. The molecule has 1 N–H and O–H groups in total. The van der Waals surface area contributed by atoms with Crippen LogP contribution in [0.25, 0.3) is 5.69 Å². The second-order valence-corrected chi connectivity index (χ2v) is 4.60. The first-order valence-electron chi connectivity index (χ1n) is 6.41. The number of anilines is 1. The van der Waals surface area contributed by atoms with Crippen LogP contribution in [0.4, 0.5) is 5.69 Å². The first kappa shape index (κ1) is 11.3. The molecule has 18 heavy (non-hydrogen) atoms. The van der Waals surface area contributed by atoms with Crippen LogP contribution < -0.4 is 10.2 Å². The fourth-order valence-corrected chi connectivity index (χ4v) is 2.41. The fraction of sp³-hybridized carbons (Fsp3) is 0.357. The normalized spacial score (nSPS) is 15.9. The maximum Gasteiger partial charge on any atom is 0.110 e. The predicted octanol–water partition coefficient (Wildman–Crippen LogP) is 1.59. The van der Waals surface area contributed by atoms with E-state index < -0.39 is 0 Å². The molecule has 4 heteroatoms. The lowest BCUT2D eigenvalue weighted by molar-refractivity contribution is 0.589. The molecule has 2 heterocycles. The molecule has 3 rings (SSSR count). The van der Waals surface area contributed by atoms with Crippen LogP contribution in [0.2, 0.25) is 0 Å². The smallest absolute Gasteiger partial charge is 0.110 e. The second-order valence-electron chi connectivity index (χ2n) is 4.60. The van der Waals surface area contributed by atoms with E-state index in [2.05, 4.69) is 44.0 Å². The van der Waals surface area contributed by atoms with E-state index in [-0.39, 0.29) is 0 Å². The molecule has 1 aromatic heterocycles. The first-order valence-corrected chi connectivity index (χ1v) is 6.41. The third-order valence-electron chi connectivity index (χ3n) is 3.42. The molecule has 0 unspecified atom stereocenters. The SMILES string of the molecule is Cc1nccn1-c1cccc(N2CCNCC2)c1. The van der Waals surface area contributed by atoms with Crippen LogP contribution in [-0.2, 0) is 0 Å². The minimum atomic E-state index is 1.02. The second kappa shape index (κ2) is 4.82. The zero-order chi connectivity index (χ0) is 12.4. The zero-order valence-electron chi connectivity index (χ0n) is 10.6. The van der Waals surface area contributed by atoms with Crippen molar-refractivity contribution in [3.05, 3.63) is 42.5 Å². The van der Waals surface area contributed by atoms with Crippen molar-refractivity contribution in [1.82, 2.24) is 14.9 Å². The number of rotatable bonds is 2. The number of nitrogens with one attached hydrogen (secondary N) is 1. The van der Waals surface area contributed by atoms with E-state index in [4.69, 9.17) is 0 Å². The quantitative estimate of drug-likeness (QED) is 0.868. The van der Waals surface area contributed by atoms with Crippen LogP contribution in [-0.4, -0.2) is 35.7 Å². The van der Waals surface area contributed by atoms with Crippen molar-refractivity contribution in [2.45, 2.75) is 6.92 Å². The van der Waals surface area contributed by atoms with Gasteiger partial charge in [0.2, 0.25) is 0 Å². The topological polar surface area (TPSA) is 33.1 Å². The summed E-state index contributed by atoms with van der Waals surface area (Å²) < 4.78 is 2.12. The highest BCUT2D eigenvalue weighted by atomic mass is 15.2. The van der Waals surface area contributed by atoms with Gasteiger partial charge in [-0.3, -0.25) is 0 Å². The summed E-state index contributed by atoms with van der Waals surface area (Å²) in [6.45, 7) is 6.30. The summed E-state index contributed by atoms with van der Waals surface area (Å²) in [4.78, 5) is 6.70. The summed E-state index contributed by atoms with van der Waals surface area (Å²) >= 11 is 0. The van der Waals surface area contributed by atoms with Gasteiger partial charge in [0.15, 0.2) is 0 Å². The van der Waals surface area contributed by atoms with Gasteiger partial charge in [-0.15, -0.1) is 0 Å². The van der Waals surface area contributed by atoms with Gasteiger partial charge in [-0.25, -0.2) is 4.98 Å². The molecule has 0 aliphatic carbocycles. The van der Waals surface area contributed by atoms with Crippen molar-refractivity contribution >= 4 is 5.69 Å². The Morgan fingerprint density at radius 1 is 1.17 bits per heavy atom. The summed E-state index contributed by atoms with van der Waals surface area (Å²) in [5.41, 5.74) is 2.48. The van der Waals surface area contributed by atoms with Gasteiger partial charge in [0, 0.05) is 49.9 Å². The molecule has 1 fully saturated rings. The minimum Gasteiger partial charge on any atom is -0.369 e. The lowest BCUT2D eigenvalue weighted by Crippen LogP contribution is -2.43. The molecule has 0 spiro atoms. The molecular formula is C14H18N4. The molecule has 1 saturated heterocycles. The Morgan fingerprint density at radius 2 is 1.94 bits per heavy atom. The largest absolute Gasteiger partial charge is 0.369 e. The minimum absolute atomic E-state index is 1.02. The number of aromatic nitrogens is 2. The van der Waals surface area contributed by atoms with Crippen molar-refractivity contribution in [3.63, 3.8) is 0 Å². The average molecular weight is 242 g/mol. The van der Waals surface area contributed by atoms with Crippen LogP contribution in [0.5, 0.6) is 0 Å². The molecule has 1 aliphatic heterocycles. The van der Waals surface area contributed by atoms with Gasteiger partial charge in [0.25, 0.3) is 0 Å². The lowest BCUT2D eigenvalue weighted by Gasteiger charge is -2.29. The third-order valence-corrected chi connectivity index (χ3v) is 3.42. The van der Waals surface area contributed by atoms with Crippen molar-refractivity contribution < 1.29 is 0 Å². The van der Waals surface area contributed by atoms with Crippen molar-refractivity contribution in [2.24, 2.45) is 0 Å². The van der Waals surface area contributed by atoms with Gasteiger partial charge in [0.05, 0.1) is 0 Å². The highest BCUT2D eigenvalue weighted by Crippen LogP contribution is 2.20. The average Bonchev–Trinajstić information content (AvgIpc) is 2.86. The lowest BCUT2D eigenvalue weighted by atomic mass is 10.2. The van der Waals surface area contributed by atoms with Gasteiger partial charge in [0.1, 0.15) is 5.82 Å². The molecule has 0 radical (unpaired) electrons. The van der Waals surface area contributed by atoms with Crippen LogP contribution >= 0.6 is 0 Å². The molecule has 1 aliphatic rings.